The summed E-state index contributed by atoms with van der Waals surface area (Å²) in [5.74, 6) is -0.663. The highest BCUT2D eigenvalue weighted by atomic mass is 35.5. The summed E-state index contributed by atoms with van der Waals surface area (Å²) in [7, 11) is 1.34. The number of phenolic OH excluding ortho intramolecular Hbond substituents is 1. The summed E-state index contributed by atoms with van der Waals surface area (Å²) in [6.07, 6.45) is 4.12. The van der Waals surface area contributed by atoms with Crippen LogP contribution in [0, 0.1) is 0 Å². The molecule has 182 valence electrons. The first-order chi connectivity index (χ1) is 15.6. The van der Waals surface area contributed by atoms with E-state index >= 15 is 0 Å². The van der Waals surface area contributed by atoms with Crippen molar-refractivity contribution in [3.05, 3.63) is 76.3 Å². The Hall–Kier alpha value is -2.64. The molecule has 0 spiro atoms. The number of hydrogen-bond acceptors (Lipinski definition) is 5. The number of methoxy groups -OCH3 is 1. The molecule has 34 heavy (non-hydrogen) atoms. The van der Waals surface area contributed by atoms with E-state index in [0.29, 0.717) is 21.8 Å². The predicted molar refractivity (Wildman–Crippen MR) is 135 cm³/mol. The van der Waals surface area contributed by atoms with Crippen LogP contribution in [0.1, 0.15) is 50.8 Å². The number of nitrogens with one attached hydrogen (secondary N) is 1. The molecule has 1 saturated heterocycles. The van der Waals surface area contributed by atoms with Crippen LogP contribution in [0.2, 0.25) is 5.02 Å². The molecule has 4 atom stereocenters. The van der Waals surface area contributed by atoms with Crippen molar-refractivity contribution >= 4 is 29.3 Å². The van der Waals surface area contributed by atoms with Crippen LogP contribution in [-0.2, 0) is 19.9 Å². The molecule has 2 aliphatic rings. The number of carbonyl (C=O) groups excluding carboxylic acids is 1. The summed E-state index contributed by atoms with van der Waals surface area (Å²) in [5.41, 5.74) is -0.108. The summed E-state index contributed by atoms with van der Waals surface area (Å²) in [6.45, 7) is 7.93. The lowest BCUT2D eigenvalue weighted by Gasteiger charge is -2.40. The summed E-state index contributed by atoms with van der Waals surface area (Å²) in [4.78, 5) is 12.7. The van der Waals surface area contributed by atoms with Gasteiger partial charge in [0.05, 0.1) is 23.0 Å². The zero-order valence-electron chi connectivity index (χ0n) is 18.9. The number of hydrogen-bond donors (Lipinski definition) is 3. The zero-order valence-corrected chi connectivity index (χ0v) is 19.6. The Labute approximate surface area is 205 Å². The van der Waals surface area contributed by atoms with Crippen LogP contribution < -0.4 is 5.32 Å². The van der Waals surface area contributed by atoms with Gasteiger partial charge in [0.1, 0.15) is 5.75 Å². The van der Waals surface area contributed by atoms with Crippen molar-refractivity contribution < 1.29 is 24.5 Å². The van der Waals surface area contributed by atoms with Crippen LogP contribution in [-0.4, -0.2) is 41.0 Å². The quantitative estimate of drug-likeness (QED) is 0.493. The molecule has 0 saturated carbocycles. The van der Waals surface area contributed by atoms with Crippen LogP contribution in [0.15, 0.2) is 54.6 Å². The van der Waals surface area contributed by atoms with Crippen LogP contribution in [0.3, 0.4) is 0 Å². The van der Waals surface area contributed by atoms with E-state index in [1.54, 1.807) is 42.5 Å². The fourth-order valence-corrected chi connectivity index (χ4v) is 4.75. The highest BCUT2D eigenvalue weighted by Gasteiger charge is 2.51. The standard InChI is InChI=1S/C26H28ClNO5.CH4/c1-15(2)20-12-14-25(3,33-20)13-11-16-5-10-19-21(22(16)29)26(31,23(32-4)24(30)28-19)17-6-8-18(27)9-7-17;/h5-11,13,20,23,29,31H,1,12,14H2,2-4H3,(H,28,30);1H4/b13-11+;/t20-,23+,25-,26-;/m0./s1. The van der Waals surface area contributed by atoms with E-state index in [0.717, 1.165) is 18.4 Å². The highest BCUT2D eigenvalue weighted by molar-refractivity contribution is 6.30. The van der Waals surface area contributed by atoms with Gasteiger partial charge < -0.3 is 25.0 Å². The summed E-state index contributed by atoms with van der Waals surface area (Å²) in [6, 6.07) is 9.81. The van der Waals surface area contributed by atoms with Gasteiger partial charge in [-0.25, -0.2) is 0 Å². The number of rotatable bonds is 5. The van der Waals surface area contributed by atoms with E-state index in [9.17, 15) is 15.0 Å². The van der Waals surface area contributed by atoms with Crippen LogP contribution in [0.5, 0.6) is 5.75 Å². The second-order valence-corrected chi connectivity index (χ2v) is 9.38. The smallest absolute Gasteiger partial charge is 0.257 e. The van der Waals surface area contributed by atoms with Gasteiger partial charge in [0.2, 0.25) is 0 Å². The maximum Gasteiger partial charge on any atom is 0.257 e. The van der Waals surface area contributed by atoms with Crippen molar-refractivity contribution in [2.24, 2.45) is 0 Å². The topological polar surface area (TPSA) is 88.0 Å². The molecular weight excluding hydrogens is 454 g/mol. The summed E-state index contributed by atoms with van der Waals surface area (Å²) >= 11 is 6.03. The number of aromatic hydroxyl groups is 1. The molecule has 0 radical (unpaired) electrons. The molecule has 6 nitrogen and oxygen atoms in total. The minimum atomic E-state index is -1.93. The summed E-state index contributed by atoms with van der Waals surface area (Å²) < 4.78 is 11.5. The minimum Gasteiger partial charge on any atom is -0.507 e. The lowest BCUT2D eigenvalue weighted by molar-refractivity contribution is -0.142. The predicted octanol–water partition coefficient (Wildman–Crippen LogP) is 5.41. The molecule has 0 unspecified atom stereocenters. The Kier molecular flexibility index (Phi) is 7.29. The molecular formula is C27H32ClNO5. The molecule has 2 aromatic carbocycles. The molecule has 0 aromatic heterocycles. The fourth-order valence-electron chi connectivity index (χ4n) is 4.62. The lowest BCUT2D eigenvalue weighted by Crippen LogP contribution is -2.52. The van der Waals surface area contributed by atoms with Gasteiger partial charge in [0, 0.05) is 17.7 Å². The largest absolute Gasteiger partial charge is 0.507 e. The molecule has 1 fully saturated rings. The Bertz CT molecular complexity index is 1130. The third-order valence-electron chi connectivity index (χ3n) is 6.47. The first kappa shape index (κ1) is 26.0. The van der Waals surface area contributed by atoms with E-state index in [1.807, 2.05) is 19.9 Å². The molecule has 4 rings (SSSR count). The normalized spacial score (nSPS) is 28.3. The number of fused-ring (bicyclic) bond motifs is 1. The number of halogens is 1. The Morgan fingerprint density at radius 3 is 2.56 bits per heavy atom. The molecule has 3 N–H and O–H groups in total. The average molecular weight is 486 g/mol. The number of phenols is 1. The fraction of sp³-hybridized carbons (Fsp3) is 0.370. The monoisotopic (exact) mass is 485 g/mol. The first-order valence-electron chi connectivity index (χ1n) is 10.8. The Balaban J connectivity index is 0.00000324. The number of anilines is 1. The van der Waals surface area contributed by atoms with Crippen LogP contribution >= 0.6 is 11.6 Å². The van der Waals surface area contributed by atoms with Gasteiger partial charge in [0.25, 0.3) is 5.91 Å². The molecule has 0 aliphatic carbocycles. The second kappa shape index (κ2) is 9.55. The number of carbonyl (C=O) groups is 1. The van der Waals surface area contributed by atoms with Crippen LogP contribution in [0.25, 0.3) is 6.08 Å². The third kappa shape index (κ3) is 4.39. The molecule has 0 bridgehead atoms. The van der Waals surface area contributed by atoms with E-state index < -0.39 is 23.2 Å². The number of benzene rings is 2. The van der Waals surface area contributed by atoms with E-state index in [-0.39, 0.29) is 24.8 Å². The maximum absolute atomic E-state index is 12.7. The third-order valence-corrected chi connectivity index (χ3v) is 6.72. The van der Waals surface area contributed by atoms with Crippen molar-refractivity contribution in [2.45, 2.75) is 57.5 Å². The number of aliphatic hydroxyl groups is 1. The molecule has 2 aliphatic heterocycles. The van der Waals surface area contributed by atoms with Gasteiger partial charge in [-0.05, 0) is 56.5 Å². The van der Waals surface area contributed by atoms with E-state index in [1.165, 1.54) is 7.11 Å². The minimum absolute atomic E-state index is 0. The zero-order chi connectivity index (χ0) is 24.0. The molecule has 7 heteroatoms. The summed E-state index contributed by atoms with van der Waals surface area (Å²) in [5, 5.41) is 26.4. The van der Waals surface area contributed by atoms with Gasteiger partial charge in [0.15, 0.2) is 11.7 Å². The highest BCUT2D eigenvalue weighted by Crippen LogP contribution is 2.48. The number of amides is 1. The van der Waals surface area contributed by atoms with Crippen LogP contribution in [0.4, 0.5) is 5.69 Å². The van der Waals surface area contributed by atoms with Crippen molar-refractivity contribution in [1.29, 1.82) is 0 Å². The maximum atomic E-state index is 12.7. The SMILES string of the molecule is C.C=C(C)[C@@H]1CC[C@](C)(/C=C/c2ccc3c(c2O)[C@@](O)(c2ccc(Cl)cc2)[C@H](OC)C(=O)N3)O1. The van der Waals surface area contributed by atoms with Gasteiger partial charge in [-0.1, -0.05) is 55.5 Å². The first-order valence-corrected chi connectivity index (χ1v) is 11.2. The van der Waals surface area contributed by atoms with E-state index in [4.69, 9.17) is 21.1 Å². The van der Waals surface area contributed by atoms with E-state index in [2.05, 4.69) is 11.9 Å². The average Bonchev–Trinajstić information content (AvgIpc) is 3.16. The Morgan fingerprint density at radius 1 is 1.29 bits per heavy atom. The van der Waals surface area contributed by atoms with Crippen molar-refractivity contribution in [1.82, 2.24) is 0 Å². The van der Waals surface area contributed by atoms with Gasteiger partial charge in [-0.3, -0.25) is 4.79 Å². The molecule has 1 amide bonds. The number of ether oxygens (including phenoxy) is 2. The van der Waals surface area contributed by atoms with Crippen molar-refractivity contribution in [2.75, 3.05) is 12.4 Å². The second-order valence-electron chi connectivity index (χ2n) is 8.94. The van der Waals surface area contributed by atoms with Gasteiger partial charge in [-0.2, -0.15) is 0 Å². The van der Waals surface area contributed by atoms with Crippen molar-refractivity contribution in [3.8, 4) is 5.75 Å². The van der Waals surface area contributed by atoms with Gasteiger partial charge >= 0.3 is 0 Å². The Morgan fingerprint density at radius 2 is 1.97 bits per heavy atom. The van der Waals surface area contributed by atoms with Gasteiger partial charge in [-0.15, -0.1) is 0 Å². The molecule has 2 heterocycles. The molecule has 2 aromatic rings. The van der Waals surface area contributed by atoms with Crippen molar-refractivity contribution in [3.63, 3.8) is 0 Å². The lowest BCUT2D eigenvalue weighted by atomic mass is 9.76.